The van der Waals surface area contributed by atoms with Crippen LogP contribution in [0.15, 0.2) is 24.3 Å². The Hall–Kier alpha value is -1.38. The molecule has 2 bridgehead atoms. The molecule has 20 heavy (non-hydrogen) atoms. The topological polar surface area (TPSA) is 37.4 Å². The van der Waals surface area contributed by atoms with Gasteiger partial charge in [0.25, 0.3) is 11.8 Å². The standard InChI is InChI=1S/C17H23NO2/c1-12-13-6-7-14(11-13)15(12)5-3-2-4-10-18-16(19)8-9-17(18)20/h6-9,12-15H,2-5,10-11H2,1H3. The van der Waals surface area contributed by atoms with Gasteiger partial charge in [0.1, 0.15) is 0 Å². The Morgan fingerprint density at radius 3 is 2.40 bits per heavy atom. The molecule has 1 heterocycles. The number of unbranched alkanes of at least 4 members (excludes halogenated alkanes) is 2. The van der Waals surface area contributed by atoms with Crippen molar-refractivity contribution in [3.05, 3.63) is 24.3 Å². The first-order valence-corrected chi connectivity index (χ1v) is 7.88. The van der Waals surface area contributed by atoms with Gasteiger partial charge in [0.15, 0.2) is 0 Å². The van der Waals surface area contributed by atoms with Crippen LogP contribution in [0.25, 0.3) is 0 Å². The molecule has 0 N–H and O–H groups in total. The van der Waals surface area contributed by atoms with Gasteiger partial charge in [-0.05, 0) is 42.9 Å². The molecule has 0 aromatic heterocycles. The summed E-state index contributed by atoms with van der Waals surface area (Å²) < 4.78 is 0. The number of amides is 2. The van der Waals surface area contributed by atoms with Crippen LogP contribution in [-0.4, -0.2) is 23.3 Å². The second kappa shape index (κ2) is 5.55. The second-order valence-corrected chi connectivity index (χ2v) is 6.48. The van der Waals surface area contributed by atoms with Crippen LogP contribution >= 0.6 is 0 Å². The van der Waals surface area contributed by atoms with E-state index in [0.717, 1.165) is 36.5 Å². The van der Waals surface area contributed by atoms with Crippen molar-refractivity contribution in [3.63, 3.8) is 0 Å². The number of imide groups is 1. The number of allylic oxidation sites excluding steroid dienone is 2. The summed E-state index contributed by atoms with van der Waals surface area (Å²) in [6.07, 6.45) is 13.5. The highest BCUT2D eigenvalue weighted by atomic mass is 16.2. The molecule has 4 atom stereocenters. The van der Waals surface area contributed by atoms with E-state index >= 15 is 0 Å². The largest absolute Gasteiger partial charge is 0.275 e. The number of hydrogen-bond acceptors (Lipinski definition) is 2. The number of nitrogens with zero attached hydrogens (tertiary/aromatic N) is 1. The van der Waals surface area contributed by atoms with Crippen molar-refractivity contribution >= 4 is 11.8 Å². The van der Waals surface area contributed by atoms with E-state index in [9.17, 15) is 9.59 Å². The molecule has 2 aliphatic carbocycles. The first kappa shape index (κ1) is 13.6. The van der Waals surface area contributed by atoms with Crippen LogP contribution in [-0.2, 0) is 9.59 Å². The Morgan fingerprint density at radius 2 is 1.75 bits per heavy atom. The average Bonchev–Trinajstić information content (AvgIpc) is 3.09. The van der Waals surface area contributed by atoms with E-state index < -0.39 is 0 Å². The summed E-state index contributed by atoms with van der Waals surface area (Å²) in [6, 6.07) is 0. The number of rotatable bonds is 6. The monoisotopic (exact) mass is 273 g/mol. The van der Waals surface area contributed by atoms with Crippen molar-refractivity contribution in [3.8, 4) is 0 Å². The molecular formula is C17H23NO2. The quantitative estimate of drug-likeness (QED) is 0.424. The van der Waals surface area contributed by atoms with Crippen LogP contribution in [0, 0.1) is 23.7 Å². The van der Waals surface area contributed by atoms with Crippen molar-refractivity contribution in [1.82, 2.24) is 4.90 Å². The van der Waals surface area contributed by atoms with Gasteiger partial charge >= 0.3 is 0 Å². The molecule has 1 aliphatic heterocycles. The van der Waals surface area contributed by atoms with Crippen LogP contribution in [0.5, 0.6) is 0 Å². The van der Waals surface area contributed by atoms with Crippen molar-refractivity contribution in [2.45, 2.75) is 39.0 Å². The number of carbonyl (C=O) groups excluding carboxylic acids is 2. The Bertz CT molecular complexity index is 448. The van der Waals surface area contributed by atoms with Crippen molar-refractivity contribution < 1.29 is 9.59 Å². The van der Waals surface area contributed by atoms with Crippen molar-refractivity contribution in [2.24, 2.45) is 23.7 Å². The van der Waals surface area contributed by atoms with E-state index in [2.05, 4.69) is 19.1 Å². The first-order valence-electron chi connectivity index (χ1n) is 7.88. The molecule has 0 saturated heterocycles. The second-order valence-electron chi connectivity index (χ2n) is 6.48. The lowest BCUT2D eigenvalue weighted by atomic mass is 9.81. The fourth-order valence-electron chi connectivity index (χ4n) is 4.13. The molecule has 0 aromatic rings. The van der Waals surface area contributed by atoms with E-state index in [1.165, 1.54) is 36.3 Å². The smallest absolute Gasteiger partial charge is 0.253 e. The first-order chi connectivity index (χ1) is 9.66. The fraction of sp³-hybridized carbons (Fsp3) is 0.647. The molecule has 1 fully saturated rings. The predicted octanol–water partition coefficient (Wildman–Crippen LogP) is 2.93. The molecule has 108 valence electrons. The minimum Gasteiger partial charge on any atom is -0.275 e. The van der Waals surface area contributed by atoms with Gasteiger partial charge in [-0.1, -0.05) is 31.9 Å². The maximum absolute atomic E-state index is 11.4. The maximum Gasteiger partial charge on any atom is 0.253 e. The Morgan fingerprint density at radius 1 is 1.05 bits per heavy atom. The maximum atomic E-state index is 11.4. The van der Waals surface area contributed by atoms with Crippen molar-refractivity contribution in [2.75, 3.05) is 6.54 Å². The van der Waals surface area contributed by atoms with Crippen LogP contribution in [0.4, 0.5) is 0 Å². The zero-order valence-electron chi connectivity index (χ0n) is 12.1. The van der Waals surface area contributed by atoms with E-state index in [4.69, 9.17) is 0 Å². The third-order valence-electron chi connectivity index (χ3n) is 5.37. The normalized spacial score (nSPS) is 34.8. The van der Waals surface area contributed by atoms with E-state index in [0.29, 0.717) is 6.54 Å². The number of carbonyl (C=O) groups is 2. The molecule has 3 rings (SSSR count). The third kappa shape index (κ3) is 2.46. The van der Waals surface area contributed by atoms with Gasteiger partial charge in [-0.2, -0.15) is 0 Å². The molecule has 2 amide bonds. The molecule has 3 aliphatic rings. The van der Waals surface area contributed by atoms with Gasteiger partial charge in [-0.15, -0.1) is 0 Å². The highest BCUT2D eigenvalue weighted by Crippen LogP contribution is 2.49. The molecule has 3 heteroatoms. The highest BCUT2D eigenvalue weighted by Gasteiger charge is 2.40. The minimum absolute atomic E-state index is 0.151. The SMILES string of the molecule is CC1C2C=CC(C2)C1CCCCCN1C(=O)C=CC1=O. The Labute approximate surface area is 120 Å². The predicted molar refractivity (Wildman–Crippen MR) is 77.7 cm³/mol. The lowest BCUT2D eigenvalue weighted by Gasteiger charge is -2.24. The number of hydrogen-bond donors (Lipinski definition) is 0. The summed E-state index contributed by atoms with van der Waals surface area (Å²) in [5.74, 6) is 3.05. The van der Waals surface area contributed by atoms with Gasteiger partial charge in [0, 0.05) is 18.7 Å². The molecule has 1 saturated carbocycles. The minimum atomic E-state index is -0.151. The zero-order chi connectivity index (χ0) is 14.1. The zero-order valence-corrected chi connectivity index (χ0v) is 12.1. The lowest BCUT2D eigenvalue weighted by Crippen LogP contribution is -2.30. The summed E-state index contributed by atoms with van der Waals surface area (Å²) in [6.45, 7) is 2.98. The van der Waals surface area contributed by atoms with Crippen LogP contribution < -0.4 is 0 Å². The molecule has 3 nitrogen and oxygen atoms in total. The van der Waals surface area contributed by atoms with Crippen LogP contribution in [0.1, 0.15) is 39.0 Å². The van der Waals surface area contributed by atoms with Gasteiger partial charge < -0.3 is 0 Å². The molecular weight excluding hydrogens is 250 g/mol. The molecule has 0 spiro atoms. The van der Waals surface area contributed by atoms with Gasteiger partial charge in [-0.3, -0.25) is 14.5 Å². The van der Waals surface area contributed by atoms with E-state index in [1.807, 2.05) is 0 Å². The van der Waals surface area contributed by atoms with Gasteiger partial charge in [0.2, 0.25) is 0 Å². The fourth-order valence-corrected chi connectivity index (χ4v) is 4.13. The third-order valence-corrected chi connectivity index (χ3v) is 5.37. The molecule has 4 unspecified atom stereocenters. The van der Waals surface area contributed by atoms with E-state index in [-0.39, 0.29) is 11.8 Å². The average molecular weight is 273 g/mol. The summed E-state index contributed by atoms with van der Waals surface area (Å²) >= 11 is 0. The van der Waals surface area contributed by atoms with Crippen LogP contribution in [0.2, 0.25) is 0 Å². The van der Waals surface area contributed by atoms with Gasteiger partial charge in [-0.25, -0.2) is 0 Å². The summed E-state index contributed by atoms with van der Waals surface area (Å²) in [4.78, 5) is 24.1. The highest BCUT2D eigenvalue weighted by molar-refractivity contribution is 6.12. The Kier molecular flexibility index (Phi) is 3.77. The molecule has 0 radical (unpaired) electrons. The summed E-state index contributed by atoms with van der Waals surface area (Å²) in [5, 5.41) is 0. The lowest BCUT2D eigenvalue weighted by molar-refractivity contribution is -0.136. The van der Waals surface area contributed by atoms with E-state index in [1.54, 1.807) is 0 Å². The number of fused-ring (bicyclic) bond motifs is 2. The Balaban J connectivity index is 1.34. The summed E-state index contributed by atoms with van der Waals surface area (Å²) in [5.41, 5.74) is 0. The van der Waals surface area contributed by atoms with Crippen LogP contribution in [0.3, 0.4) is 0 Å². The molecule has 0 aromatic carbocycles. The summed E-state index contributed by atoms with van der Waals surface area (Å²) in [7, 11) is 0. The van der Waals surface area contributed by atoms with Crippen molar-refractivity contribution in [1.29, 1.82) is 0 Å². The van der Waals surface area contributed by atoms with Gasteiger partial charge in [0.05, 0.1) is 0 Å².